The number of para-hydroxylation sites is 1. The molecule has 0 saturated heterocycles. The molecule has 7 heteroatoms. The van der Waals surface area contributed by atoms with Gasteiger partial charge in [-0.3, -0.25) is 14.4 Å². The number of aryl methyl sites for hydroxylation is 1. The van der Waals surface area contributed by atoms with Crippen LogP contribution in [0.4, 0.5) is 0 Å². The van der Waals surface area contributed by atoms with Crippen LogP contribution in [-0.4, -0.2) is 33.2 Å². The molecule has 144 valence electrons. The van der Waals surface area contributed by atoms with E-state index in [1.165, 1.54) is 23.8 Å². The molecule has 1 amide bonds. The van der Waals surface area contributed by atoms with E-state index in [1.54, 1.807) is 24.3 Å². The minimum Gasteiger partial charge on any atom is -0.506 e. The summed E-state index contributed by atoms with van der Waals surface area (Å²) in [6.07, 6.45) is 6.81. The Morgan fingerprint density at radius 2 is 1.85 bits per heavy atom. The van der Waals surface area contributed by atoms with Crippen LogP contribution in [0.3, 0.4) is 0 Å². The molecule has 3 N–H and O–H groups in total. The minimum absolute atomic E-state index is 0.404. The number of hydrogen-bond acceptors (Lipinski definition) is 4. The highest BCUT2D eigenvalue weighted by molar-refractivity contribution is 6.03. The van der Waals surface area contributed by atoms with Crippen molar-refractivity contribution in [2.75, 3.05) is 6.54 Å². The van der Waals surface area contributed by atoms with E-state index in [0.29, 0.717) is 23.4 Å². The van der Waals surface area contributed by atoms with Gasteiger partial charge in [0.2, 0.25) is 0 Å². The van der Waals surface area contributed by atoms with E-state index in [4.69, 9.17) is 5.11 Å². The standard InChI is InChI=1S/C20H24N2O5/c23-16(24)12-21-19(26)17-18(25)14-8-4-5-9-15(14)22(20(17)27)11-10-13-6-2-1-3-7-13/h4-5,8-9,13,25H,1-3,6-7,10-12H2,(H,21,26)(H,23,24). The molecule has 27 heavy (non-hydrogen) atoms. The van der Waals surface area contributed by atoms with Gasteiger partial charge in [-0.1, -0.05) is 44.2 Å². The van der Waals surface area contributed by atoms with E-state index in [9.17, 15) is 19.5 Å². The Labute approximate surface area is 156 Å². The Morgan fingerprint density at radius 3 is 2.56 bits per heavy atom. The summed E-state index contributed by atoms with van der Waals surface area (Å²) in [5.74, 6) is -1.95. The van der Waals surface area contributed by atoms with Crippen LogP contribution in [0.25, 0.3) is 10.9 Å². The molecule has 2 aromatic rings. The van der Waals surface area contributed by atoms with Gasteiger partial charge >= 0.3 is 5.97 Å². The van der Waals surface area contributed by atoms with E-state index in [-0.39, 0.29) is 0 Å². The van der Waals surface area contributed by atoms with Gasteiger partial charge in [0.25, 0.3) is 11.5 Å². The maximum Gasteiger partial charge on any atom is 0.322 e. The normalized spacial score (nSPS) is 15.0. The summed E-state index contributed by atoms with van der Waals surface area (Å²) in [6, 6.07) is 6.89. The quantitative estimate of drug-likeness (QED) is 0.722. The largest absolute Gasteiger partial charge is 0.506 e. The predicted molar refractivity (Wildman–Crippen MR) is 101 cm³/mol. The smallest absolute Gasteiger partial charge is 0.322 e. The maximum absolute atomic E-state index is 13.0. The fourth-order valence-corrected chi connectivity index (χ4v) is 3.85. The zero-order valence-electron chi connectivity index (χ0n) is 15.1. The van der Waals surface area contributed by atoms with Gasteiger partial charge in [0.05, 0.1) is 5.52 Å². The Bertz CT molecular complexity index is 912. The van der Waals surface area contributed by atoms with Crippen LogP contribution >= 0.6 is 0 Å². The molecule has 0 bridgehead atoms. The summed E-state index contributed by atoms with van der Waals surface area (Å²) in [7, 11) is 0. The van der Waals surface area contributed by atoms with Crippen LogP contribution in [0.5, 0.6) is 5.75 Å². The van der Waals surface area contributed by atoms with Gasteiger partial charge in [-0.2, -0.15) is 0 Å². The fraction of sp³-hybridized carbons (Fsp3) is 0.450. The van der Waals surface area contributed by atoms with E-state index in [0.717, 1.165) is 19.3 Å². The van der Waals surface area contributed by atoms with Crippen molar-refractivity contribution in [1.82, 2.24) is 9.88 Å². The van der Waals surface area contributed by atoms with Gasteiger partial charge in [0.1, 0.15) is 17.9 Å². The summed E-state index contributed by atoms with van der Waals surface area (Å²) < 4.78 is 1.53. The second-order valence-corrected chi connectivity index (χ2v) is 7.07. The number of carbonyl (C=O) groups excluding carboxylic acids is 1. The number of aromatic nitrogens is 1. The van der Waals surface area contributed by atoms with Gasteiger partial charge < -0.3 is 20.1 Å². The van der Waals surface area contributed by atoms with Gasteiger partial charge in [0.15, 0.2) is 0 Å². The molecule has 1 saturated carbocycles. The Hall–Kier alpha value is -2.83. The van der Waals surface area contributed by atoms with Crippen LogP contribution in [0.15, 0.2) is 29.1 Å². The highest BCUT2D eigenvalue weighted by atomic mass is 16.4. The predicted octanol–water partition coefficient (Wildman–Crippen LogP) is 2.49. The Kier molecular flexibility index (Phi) is 5.78. The number of hydrogen-bond donors (Lipinski definition) is 3. The van der Waals surface area contributed by atoms with Crippen molar-refractivity contribution in [1.29, 1.82) is 0 Å². The number of aliphatic carboxylic acids is 1. The third-order valence-corrected chi connectivity index (χ3v) is 5.26. The van der Waals surface area contributed by atoms with Crippen LogP contribution < -0.4 is 10.9 Å². The number of carbonyl (C=O) groups is 2. The van der Waals surface area contributed by atoms with Crippen molar-refractivity contribution in [3.63, 3.8) is 0 Å². The highest BCUT2D eigenvalue weighted by Crippen LogP contribution is 2.29. The van der Waals surface area contributed by atoms with Crippen molar-refractivity contribution in [3.8, 4) is 5.75 Å². The lowest BCUT2D eigenvalue weighted by Gasteiger charge is -2.22. The van der Waals surface area contributed by atoms with Crippen molar-refractivity contribution in [3.05, 3.63) is 40.2 Å². The van der Waals surface area contributed by atoms with Crippen molar-refractivity contribution in [2.45, 2.75) is 45.1 Å². The molecule has 1 fully saturated rings. The van der Waals surface area contributed by atoms with E-state index < -0.39 is 35.3 Å². The van der Waals surface area contributed by atoms with Crippen LogP contribution in [0, 0.1) is 5.92 Å². The first kappa shape index (κ1) is 18.9. The lowest BCUT2D eigenvalue weighted by Crippen LogP contribution is -2.36. The van der Waals surface area contributed by atoms with E-state index in [1.807, 2.05) is 0 Å². The number of carboxylic acids is 1. The zero-order chi connectivity index (χ0) is 19.4. The van der Waals surface area contributed by atoms with Crippen LogP contribution in [-0.2, 0) is 11.3 Å². The molecule has 1 aliphatic rings. The Balaban J connectivity index is 1.99. The topological polar surface area (TPSA) is 109 Å². The molecule has 1 aromatic carbocycles. The monoisotopic (exact) mass is 372 g/mol. The highest BCUT2D eigenvalue weighted by Gasteiger charge is 2.23. The van der Waals surface area contributed by atoms with Gasteiger partial charge in [-0.15, -0.1) is 0 Å². The molecule has 1 heterocycles. The van der Waals surface area contributed by atoms with E-state index >= 15 is 0 Å². The van der Waals surface area contributed by atoms with Crippen molar-refractivity contribution < 1.29 is 19.8 Å². The number of fused-ring (bicyclic) bond motifs is 1. The molecule has 0 radical (unpaired) electrons. The second kappa shape index (κ2) is 8.24. The molecule has 3 rings (SSSR count). The van der Waals surface area contributed by atoms with Gasteiger partial charge in [0, 0.05) is 11.9 Å². The Morgan fingerprint density at radius 1 is 1.15 bits per heavy atom. The summed E-state index contributed by atoms with van der Waals surface area (Å²) in [5.41, 5.74) is -0.422. The summed E-state index contributed by atoms with van der Waals surface area (Å²) in [4.78, 5) is 36.0. The lowest BCUT2D eigenvalue weighted by molar-refractivity contribution is -0.135. The third kappa shape index (κ3) is 4.13. The van der Waals surface area contributed by atoms with Crippen LogP contribution in [0.1, 0.15) is 48.9 Å². The SMILES string of the molecule is O=C(O)CNC(=O)c1c(O)c2ccccc2n(CCC2CCCCC2)c1=O. The molecule has 0 unspecified atom stereocenters. The second-order valence-electron chi connectivity index (χ2n) is 7.07. The molecule has 1 aromatic heterocycles. The first-order valence-electron chi connectivity index (χ1n) is 9.33. The summed E-state index contributed by atoms with van der Waals surface area (Å²) in [6.45, 7) is -0.157. The number of carboxylic acid groups (broad SMARTS) is 1. The number of aromatic hydroxyl groups is 1. The molecule has 0 aliphatic heterocycles. The van der Waals surface area contributed by atoms with Crippen LogP contribution in [0.2, 0.25) is 0 Å². The third-order valence-electron chi connectivity index (χ3n) is 5.26. The number of rotatable bonds is 6. The average Bonchev–Trinajstić information content (AvgIpc) is 2.67. The molecular weight excluding hydrogens is 348 g/mol. The van der Waals surface area contributed by atoms with Gasteiger partial charge in [-0.05, 0) is 24.5 Å². The summed E-state index contributed by atoms with van der Waals surface area (Å²) in [5, 5.41) is 21.8. The average molecular weight is 372 g/mol. The van der Waals surface area contributed by atoms with E-state index in [2.05, 4.69) is 5.32 Å². The number of nitrogens with one attached hydrogen (secondary N) is 1. The summed E-state index contributed by atoms with van der Waals surface area (Å²) >= 11 is 0. The van der Waals surface area contributed by atoms with Gasteiger partial charge in [-0.25, -0.2) is 0 Å². The zero-order valence-corrected chi connectivity index (χ0v) is 15.1. The molecular formula is C20H24N2O5. The van der Waals surface area contributed by atoms with Crippen molar-refractivity contribution >= 4 is 22.8 Å². The molecule has 0 spiro atoms. The lowest BCUT2D eigenvalue weighted by atomic mass is 9.87. The molecule has 0 atom stereocenters. The number of benzene rings is 1. The first-order chi connectivity index (χ1) is 13.0. The number of nitrogens with zero attached hydrogens (tertiary/aromatic N) is 1. The minimum atomic E-state index is -1.22. The molecule has 7 nitrogen and oxygen atoms in total. The number of amides is 1. The maximum atomic E-state index is 13.0. The first-order valence-corrected chi connectivity index (χ1v) is 9.33. The fourth-order valence-electron chi connectivity index (χ4n) is 3.85. The number of pyridine rings is 1. The van der Waals surface area contributed by atoms with Crippen molar-refractivity contribution in [2.24, 2.45) is 5.92 Å². The molecule has 1 aliphatic carbocycles.